The summed E-state index contributed by atoms with van der Waals surface area (Å²) in [5.74, 6) is 0.0536. The average Bonchev–Trinajstić information content (AvgIpc) is 2.61. The van der Waals surface area contributed by atoms with Crippen molar-refractivity contribution in [3.05, 3.63) is 15.6 Å². The van der Waals surface area contributed by atoms with Gasteiger partial charge in [0.25, 0.3) is 0 Å². The first kappa shape index (κ1) is 14.4. The molecule has 7 heteroatoms. The normalized spacial score (nSPS) is 14.4. The van der Waals surface area contributed by atoms with Crippen LogP contribution < -0.4 is 5.73 Å². The van der Waals surface area contributed by atoms with Crippen LogP contribution in [-0.4, -0.2) is 12.1 Å². The molecule has 0 fully saturated rings. The Labute approximate surface area is 102 Å². The smallest absolute Gasteiger partial charge is 0.374 e. The molecule has 1 unspecified atom stereocenters. The van der Waals surface area contributed by atoms with Crippen LogP contribution >= 0.6 is 11.3 Å². The highest BCUT2D eigenvalue weighted by Gasteiger charge is 2.38. The molecule has 0 aliphatic carbocycles. The second-order valence-electron chi connectivity index (χ2n) is 3.93. The van der Waals surface area contributed by atoms with Gasteiger partial charge < -0.3 is 10.5 Å². The molecule has 1 atom stereocenters. The van der Waals surface area contributed by atoms with E-state index in [-0.39, 0.29) is 17.3 Å². The Morgan fingerprint density at radius 3 is 2.29 bits per heavy atom. The topological polar surface area (TPSA) is 48.1 Å². The highest BCUT2D eigenvalue weighted by atomic mass is 32.1. The largest absolute Gasteiger partial charge is 0.434 e. The van der Waals surface area contributed by atoms with Crippen LogP contribution in [0, 0.1) is 5.92 Å². The molecule has 0 saturated heterocycles. The average molecular weight is 268 g/mol. The fourth-order valence-corrected chi connectivity index (χ4v) is 2.72. The summed E-state index contributed by atoms with van der Waals surface area (Å²) in [6.45, 7) is 3.57. The number of rotatable bonds is 4. The minimum Gasteiger partial charge on any atom is -0.374 e. The quantitative estimate of drug-likeness (QED) is 0.913. The van der Waals surface area contributed by atoms with Crippen molar-refractivity contribution >= 4 is 11.3 Å². The molecule has 98 valence electrons. The maximum absolute atomic E-state index is 12.7. The summed E-state index contributed by atoms with van der Waals surface area (Å²) in [5, 5.41) is 0.329. The Bertz CT molecular complexity index is 376. The summed E-state index contributed by atoms with van der Waals surface area (Å²) in [6, 6.07) is 0. The van der Waals surface area contributed by atoms with Gasteiger partial charge in [-0.15, -0.1) is 11.3 Å². The standard InChI is InChI=1S/C10H15F3N2OS/c1-5(2)7(16-3)9-15-8(10(11,12)13)6(4-14)17-9/h5,7H,4,14H2,1-3H3. The Balaban J connectivity index is 3.16. The molecule has 17 heavy (non-hydrogen) atoms. The molecular weight excluding hydrogens is 253 g/mol. The van der Waals surface area contributed by atoms with Gasteiger partial charge in [0.05, 0.1) is 4.88 Å². The summed E-state index contributed by atoms with van der Waals surface area (Å²) in [4.78, 5) is 3.68. The Kier molecular flexibility index (Phi) is 4.51. The number of hydrogen-bond acceptors (Lipinski definition) is 4. The lowest BCUT2D eigenvalue weighted by Gasteiger charge is -2.16. The van der Waals surface area contributed by atoms with Crippen LogP contribution in [0.25, 0.3) is 0 Å². The number of ether oxygens (including phenoxy) is 1. The molecule has 0 aliphatic heterocycles. The first-order valence-corrected chi connectivity index (χ1v) is 5.92. The minimum absolute atomic E-state index is 0.0511. The van der Waals surface area contributed by atoms with Crippen LogP contribution in [0.4, 0.5) is 13.2 Å². The third-order valence-corrected chi connectivity index (χ3v) is 3.41. The van der Waals surface area contributed by atoms with Gasteiger partial charge in [-0.2, -0.15) is 13.2 Å². The Morgan fingerprint density at radius 2 is 2.00 bits per heavy atom. The molecule has 1 aromatic rings. The first-order chi connectivity index (χ1) is 7.81. The molecule has 0 aliphatic rings. The lowest BCUT2D eigenvalue weighted by molar-refractivity contribution is -0.141. The van der Waals surface area contributed by atoms with Gasteiger partial charge in [-0.1, -0.05) is 13.8 Å². The fourth-order valence-electron chi connectivity index (χ4n) is 1.51. The molecule has 1 heterocycles. The van der Waals surface area contributed by atoms with E-state index in [1.165, 1.54) is 7.11 Å². The third-order valence-electron chi connectivity index (χ3n) is 2.27. The highest BCUT2D eigenvalue weighted by molar-refractivity contribution is 7.11. The molecule has 0 saturated carbocycles. The second kappa shape index (κ2) is 5.32. The minimum atomic E-state index is -4.46. The molecular formula is C10H15F3N2OS. The van der Waals surface area contributed by atoms with Crippen molar-refractivity contribution < 1.29 is 17.9 Å². The van der Waals surface area contributed by atoms with E-state index < -0.39 is 18.0 Å². The first-order valence-electron chi connectivity index (χ1n) is 5.10. The lowest BCUT2D eigenvalue weighted by Crippen LogP contribution is -2.12. The molecule has 0 bridgehead atoms. The molecule has 0 spiro atoms. The van der Waals surface area contributed by atoms with Crippen LogP contribution in [0.2, 0.25) is 0 Å². The van der Waals surface area contributed by atoms with E-state index in [4.69, 9.17) is 10.5 Å². The van der Waals surface area contributed by atoms with Crippen molar-refractivity contribution in [2.45, 2.75) is 32.7 Å². The van der Waals surface area contributed by atoms with Crippen molar-refractivity contribution in [1.29, 1.82) is 0 Å². The number of hydrogen-bond donors (Lipinski definition) is 1. The van der Waals surface area contributed by atoms with Gasteiger partial charge >= 0.3 is 6.18 Å². The summed E-state index contributed by atoms with van der Waals surface area (Å²) >= 11 is 0.966. The van der Waals surface area contributed by atoms with Gasteiger partial charge in [-0.05, 0) is 5.92 Å². The summed E-state index contributed by atoms with van der Waals surface area (Å²) in [5.41, 5.74) is 4.42. The summed E-state index contributed by atoms with van der Waals surface area (Å²) in [7, 11) is 1.46. The Hall–Kier alpha value is -0.660. The molecule has 3 nitrogen and oxygen atoms in total. The second-order valence-corrected chi connectivity index (χ2v) is 5.04. The van der Waals surface area contributed by atoms with Crippen LogP contribution in [0.3, 0.4) is 0 Å². The van der Waals surface area contributed by atoms with Gasteiger partial charge in [0.2, 0.25) is 0 Å². The van der Waals surface area contributed by atoms with E-state index >= 15 is 0 Å². The SMILES string of the molecule is COC(c1nc(C(F)(F)F)c(CN)s1)C(C)C. The van der Waals surface area contributed by atoms with Gasteiger partial charge in [-0.25, -0.2) is 4.98 Å². The van der Waals surface area contributed by atoms with Gasteiger partial charge in [0.15, 0.2) is 5.69 Å². The zero-order chi connectivity index (χ0) is 13.2. The van der Waals surface area contributed by atoms with E-state index in [2.05, 4.69) is 4.98 Å². The van der Waals surface area contributed by atoms with Crippen molar-refractivity contribution in [2.75, 3.05) is 7.11 Å². The van der Waals surface area contributed by atoms with Gasteiger partial charge in [0.1, 0.15) is 11.1 Å². The van der Waals surface area contributed by atoms with Crippen molar-refractivity contribution in [1.82, 2.24) is 4.98 Å². The highest BCUT2D eigenvalue weighted by Crippen LogP contribution is 2.37. The molecule has 0 amide bonds. The molecule has 2 N–H and O–H groups in total. The van der Waals surface area contributed by atoms with Crippen molar-refractivity contribution in [3.63, 3.8) is 0 Å². The van der Waals surface area contributed by atoms with Crippen molar-refractivity contribution in [2.24, 2.45) is 11.7 Å². The lowest BCUT2D eigenvalue weighted by atomic mass is 10.1. The van der Waals surface area contributed by atoms with Crippen molar-refractivity contribution in [3.8, 4) is 0 Å². The summed E-state index contributed by atoms with van der Waals surface area (Å²) < 4.78 is 43.2. The maximum atomic E-state index is 12.7. The number of aromatic nitrogens is 1. The molecule has 0 radical (unpaired) electrons. The maximum Gasteiger partial charge on any atom is 0.434 e. The van der Waals surface area contributed by atoms with E-state index in [1.807, 2.05) is 13.8 Å². The molecule has 1 aromatic heterocycles. The van der Waals surface area contributed by atoms with Crippen LogP contribution in [-0.2, 0) is 17.5 Å². The number of methoxy groups -OCH3 is 1. The number of nitrogens with two attached hydrogens (primary N) is 1. The van der Waals surface area contributed by atoms with E-state index in [9.17, 15) is 13.2 Å². The van der Waals surface area contributed by atoms with Crippen LogP contribution in [0.15, 0.2) is 0 Å². The number of alkyl halides is 3. The molecule has 0 aromatic carbocycles. The number of halogens is 3. The van der Waals surface area contributed by atoms with Gasteiger partial charge in [-0.3, -0.25) is 0 Å². The Morgan fingerprint density at radius 1 is 1.41 bits per heavy atom. The fraction of sp³-hybridized carbons (Fsp3) is 0.700. The van der Waals surface area contributed by atoms with E-state index in [0.717, 1.165) is 11.3 Å². The zero-order valence-electron chi connectivity index (χ0n) is 9.84. The number of thiazole rings is 1. The molecule has 1 rings (SSSR count). The third kappa shape index (κ3) is 3.17. The van der Waals surface area contributed by atoms with Crippen LogP contribution in [0.5, 0.6) is 0 Å². The van der Waals surface area contributed by atoms with Gasteiger partial charge in [0, 0.05) is 13.7 Å². The van der Waals surface area contributed by atoms with Crippen LogP contribution in [0.1, 0.15) is 35.5 Å². The van der Waals surface area contributed by atoms with E-state index in [1.54, 1.807) is 0 Å². The predicted octanol–water partition coefficient (Wildman–Crippen LogP) is 2.96. The summed E-state index contributed by atoms with van der Waals surface area (Å²) in [6.07, 6.45) is -4.89. The van der Waals surface area contributed by atoms with E-state index in [0.29, 0.717) is 5.01 Å². The number of nitrogens with zero attached hydrogens (tertiary/aromatic N) is 1. The zero-order valence-corrected chi connectivity index (χ0v) is 10.7. The monoisotopic (exact) mass is 268 g/mol. The predicted molar refractivity (Wildman–Crippen MR) is 59.6 cm³/mol.